The van der Waals surface area contributed by atoms with E-state index in [1.807, 2.05) is 30.3 Å². The Morgan fingerprint density at radius 1 is 1.41 bits per heavy atom. The Kier molecular flexibility index (Phi) is 4.57. The second-order valence-corrected chi connectivity index (χ2v) is 3.85. The minimum absolute atomic E-state index is 0.186. The summed E-state index contributed by atoms with van der Waals surface area (Å²) in [4.78, 5) is 0. The fourth-order valence-corrected chi connectivity index (χ4v) is 1.32. The Balaban J connectivity index is 1.79. The van der Waals surface area contributed by atoms with Crippen molar-refractivity contribution in [2.45, 2.75) is 12.2 Å². The molecular formula is C14H16O3. The van der Waals surface area contributed by atoms with Gasteiger partial charge in [-0.15, -0.1) is 0 Å². The molecule has 2 atom stereocenters. The third-order valence-corrected chi connectivity index (χ3v) is 2.41. The van der Waals surface area contributed by atoms with E-state index in [-0.39, 0.29) is 12.2 Å². The molecule has 0 bridgehead atoms. The highest BCUT2D eigenvalue weighted by atomic mass is 16.6. The zero-order valence-electron chi connectivity index (χ0n) is 9.89. The van der Waals surface area contributed by atoms with Crippen LogP contribution < -0.4 is 0 Å². The molecule has 0 aromatic heterocycles. The van der Waals surface area contributed by atoms with Crippen LogP contribution in [0.5, 0.6) is 0 Å². The van der Waals surface area contributed by atoms with Crippen LogP contribution in [0.25, 0.3) is 0 Å². The lowest BCUT2D eigenvalue weighted by molar-refractivity contribution is 0.0319. The predicted molar refractivity (Wildman–Crippen MR) is 64.7 cm³/mol. The first-order valence-electron chi connectivity index (χ1n) is 5.67. The number of ether oxygens (including phenoxy) is 3. The van der Waals surface area contributed by atoms with Gasteiger partial charge in [0.1, 0.15) is 12.2 Å². The average Bonchev–Trinajstić information content (AvgIpc) is 3.19. The molecule has 0 saturated carbocycles. The van der Waals surface area contributed by atoms with E-state index >= 15 is 0 Å². The topological polar surface area (TPSA) is 31.0 Å². The van der Waals surface area contributed by atoms with Crippen LogP contribution >= 0.6 is 0 Å². The van der Waals surface area contributed by atoms with E-state index in [4.69, 9.17) is 14.2 Å². The first-order chi connectivity index (χ1) is 8.38. The largest absolute Gasteiger partial charge is 0.375 e. The molecular weight excluding hydrogens is 216 g/mol. The van der Waals surface area contributed by atoms with Crippen molar-refractivity contribution >= 4 is 0 Å². The van der Waals surface area contributed by atoms with Crippen molar-refractivity contribution in [2.24, 2.45) is 0 Å². The summed E-state index contributed by atoms with van der Waals surface area (Å²) in [6.07, 6.45) is 0.101. The summed E-state index contributed by atoms with van der Waals surface area (Å²) in [6, 6.07) is 9.84. The van der Waals surface area contributed by atoms with Crippen molar-refractivity contribution in [1.29, 1.82) is 0 Å². The molecule has 3 nitrogen and oxygen atoms in total. The average molecular weight is 232 g/mol. The lowest BCUT2D eigenvalue weighted by atomic mass is 10.2. The van der Waals surface area contributed by atoms with Gasteiger partial charge in [0.25, 0.3) is 0 Å². The molecule has 90 valence electrons. The van der Waals surface area contributed by atoms with Gasteiger partial charge < -0.3 is 14.2 Å². The molecule has 2 unspecified atom stereocenters. The highest BCUT2D eigenvalue weighted by Gasteiger charge is 2.22. The number of hydrogen-bond donors (Lipinski definition) is 0. The minimum Gasteiger partial charge on any atom is -0.375 e. The van der Waals surface area contributed by atoms with Crippen LogP contribution in [0, 0.1) is 11.8 Å². The van der Waals surface area contributed by atoms with Crippen LogP contribution in [0.2, 0.25) is 0 Å². The van der Waals surface area contributed by atoms with Crippen LogP contribution in [0.15, 0.2) is 30.3 Å². The summed E-state index contributed by atoms with van der Waals surface area (Å²) in [5, 5.41) is 0. The molecule has 0 aliphatic carbocycles. The van der Waals surface area contributed by atoms with Gasteiger partial charge in [0.15, 0.2) is 0 Å². The second kappa shape index (κ2) is 6.41. The standard InChI is InChI=1S/C14H16O3/c1-15-13(9-16-10-14-11-17-14)8-7-12-5-3-2-4-6-12/h2-6,13-14H,9-11H2,1H3. The zero-order chi connectivity index (χ0) is 11.9. The Morgan fingerprint density at radius 2 is 2.18 bits per heavy atom. The van der Waals surface area contributed by atoms with E-state index in [1.54, 1.807) is 7.11 Å². The van der Waals surface area contributed by atoms with Gasteiger partial charge in [-0.3, -0.25) is 0 Å². The summed E-state index contributed by atoms with van der Waals surface area (Å²) < 4.78 is 15.7. The molecule has 1 saturated heterocycles. The quantitative estimate of drug-likeness (QED) is 0.569. The van der Waals surface area contributed by atoms with Gasteiger partial charge in [0, 0.05) is 12.7 Å². The predicted octanol–water partition coefficient (Wildman–Crippen LogP) is 1.47. The van der Waals surface area contributed by atoms with E-state index in [2.05, 4.69) is 11.8 Å². The normalized spacial score (nSPS) is 19.2. The molecule has 2 rings (SSSR count). The second-order valence-electron chi connectivity index (χ2n) is 3.85. The van der Waals surface area contributed by atoms with Gasteiger partial charge >= 0.3 is 0 Å². The molecule has 0 radical (unpaired) electrons. The van der Waals surface area contributed by atoms with Crippen molar-refractivity contribution in [3.63, 3.8) is 0 Å². The maximum atomic E-state index is 5.45. The highest BCUT2D eigenvalue weighted by Crippen LogP contribution is 2.08. The lowest BCUT2D eigenvalue weighted by Crippen LogP contribution is -2.18. The molecule has 0 N–H and O–H groups in total. The Morgan fingerprint density at radius 3 is 2.82 bits per heavy atom. The van der Waals surface area contributed by atoms with Gasteiger partial charge in [-0.25, -0.2) is 0 Å². The Bertz CT molecular complexity index is 387. The number of rotatable bonds is 5. The summed E-state index contributed by atoms with van der Waals surface area (Å²) in [5.74, 6) is 6.10. The van der Waals surface area contributed by atoms with Gasteiger partial charge in [-0.2, -0.15) is 0 Å². The SMILES string of the molecule is COC(C#Cc1ccccc1)COCC1CO1. The number of hydrogen-bond acceptors (Lipinski definition) is 3. The molecule has 17 heavy (non-hydrogen) atoms. The first-order valence-corrected chi connectivity index (χ1v) is 5.67. The van der Waals surface area contributed by atoms with E-state index in [0.29, 0.717) is 13.2 Å². The first kappa shape index (κ1) is 12.1. The minimum atomic E-state index is -0.186. The van der Waals surface area contributed by atoms with Crippen molar-refractivity contribution < 1.29 is 14.2 Å². The smallest absolute Gasteiger partial charge is 0.141 e. The van der Waals surface area contributed by atoms with Crippen molar-refractivity contribution in [2.75, 3.05) is 26.9 Å². The van der Waals surface area contributed by atoms with Crippen LogP contribution in [-0.2, 0) is 14.2 Å². The van der Waals surface area contributed by atoms with Gasteiger partial charge in [-0.05, 0) is 12.1 Å². The molecule has 3 heteroatoms. The molecule has 0 spiro atoms. The Hall–Kier alpha value is -1.34. The molecule has 1 aliphatic rings. The summed E-state index contributed by atoms with van der Waals surface area (Å²) in [5.41, 5.74) is 0.986. The summed E-state index contributed by atoms with van der Waals surface area (Å²) >= 11 is 0. The van der Waals surface area contributed by atoms with Crippen molar-refractivity contribution in [1.82, 2.24) is 0 Å². The molecule has 0 amide bonds. The number of methoxy groups -OCH3 is 1. The summed E-state index contributed by atoms with van der Waals surface area (Å²) in [6.45, 7) is 1.93. The molecule has 1 fully saturated rings. The van der Waals surface area contributed by atoms with Crippen LogP contribution in [0.3, 0.4) is 0 Å². The maximum Gasteiger partial charge on any atom is 0.141 e. The third-order valence-electron chi connectivity index (χ3n) is 2.41. The third kappa shape index (κ3) is 4.58. The molecule has 1 heterocycles. The van der Waals surface area contributed by atoms with E-state index in [1.165, 1.54) is 0 Å². The lowest BCUT2D eigenvalue weighted by Gasteiger charge is -2.08. The highest BCUT2D eigenvalue weighted by molar-refractivity contribution is 5.34. The number of epoxide rings is 1. The van der Waals surface area contributed by atoms with Crippen LogP contribution in [0.1, 0.15) is 5.56 Å². The van der Waals surface area contributed by atoms with Crippen molar-refractivity contribution in [3.8, 4) is 11.8 Å². The molecule has 1 aliphatic heterocycles. The van der Waals surface area contributed by atoms with E-state index in [0.717, 1.165) is 12.2 Å². The van der Waals surface area contributed by atoms with Crippen LogP contribution in [0.4, 0.5) is 0 Å². The van der Waals surface area contributed by atoms with Gasteiger partial charge in [-0.1, -0.05) is 30.0 Å². The van der Waals surface area contributed by atoms with E-state index < -0.39 is 0 Å². The van der Waals surface area contributed by atoms with Crippen molar-refractivity contribution in [3.05, 3.63) is 35.9 Å². The maximum absolute atomic E-state index is 5.45. The molecule has 1 aromatic rings. The van der Waals surface area contributed by atoms with E-state index in [9.17, 15) is 0 Å². The summed E-state index contributed by atoms with van der Waals surface area (Å²) in [7, 11) is 1.64. The fraction of sp³-hybridized carbons (Fsp3) is 0.429. The fourth-order valence-electron chi connectivity index (χ4n) is 1.32. The van der Waals surface area contributed by atoms with Gasteiger partial charge in [0.05, 0.1) is 19.8 Å². The van der Waals surface area contributed by atoms with Crippen LogP contribution in [-0.4, -0.2) is 39.1 Å². The molecule has 1 aromatic carbocycles. The Labute approximate surface area is 102 Å². The number of benzene rings is 1. The monoisotopic (exact) mass is 232 g/mol. The van der Waals surface area contributed by atoms with Gasteiger partial charge in [0.2, 0.25) is 0 Å². The zero-order valence-corrected chi connectivity index (χ0v) is 9.89.